The van der Waals surface area contributed by atoms with Gasteiger partial charge in [-0.05, 0) is 61.6 Å². The number of rotatable bonds is 8. The summed E-state index contributed by atoms with van der Waals surface area (Å²) in [6.45, 7) is 2.86. The summed E-state index contributed by atoms with van der Waals surface area (Å²) in [6, 6.07) is 12.6. The van der Waals surface area contributed by atoms with Crippen LogP contribution < -0.4 is 14.4 Å². The number of amides is 1. The van der Waals surface area contributed by atoms with Crippen LogP contribution in [0.15, 0.2) is 47.4 Å². The van der Waals surface area contributed by atoms with E-state index in [0.717, 1.165) is 35.4 Å². The second kappa shape index (κ2) is 8.75. The summed E-state index contributed by atoms with van der Waals surface area (Å²) in [6.07, 6.45) is 2.78. The molecular formula is C21H26N2O4S. The molecule has 1 aliphatic rings. The molecule has 2 aromatic rings. The molecule has 0 atom stereocenters. The molecule has 1 amide bonds. The molecule has 28 heavy (non-hydrogen) atoms. The lowest BCUT2D eigenvalue weighted by Crippen LogP contribution is -2.26. The van der Waals surface area contributed by atoms with E-state index in [-0.39, 0.29) is 10.8 Å². The molecule has 0 radical (unpaired) electrons. The molecule has 3 rings (SSSR count). The highest BCUT2D eigenvalue weighted by Crippen LogP contribution is 2.27. The number of methoxy groups -OCH3 is 1. The molecule has 6 nitrogen and oxygen atoms in total. The molecule has 1 aliphatic heterocycles. The number of sulfonamides is 1. The van der Waals surface area contributed by atoms with Crippen molar-refractivity contribution < 1.29 is 17.9 Å². The summed E-state index contributed by atoms with van der Waals surface area (Å²) in [5.74, 6) is 0.904. The second-order valence-corrected chi connectivity index (χ2v) is 8.68. The van der Waals surface area contributed by atoms with E-state index in [4.69, 9.17) is 4.74 Å². The van der Waals surface area contributed by atoms with E-state index < -0.39 is 10.0 Å². The third kappa shape index (κ3) is 4.54. The number of carbonyl (C=O) groups is 1. The molecular weight excluding hydrogens is 376 g/mol. The van der Waals surface area contributed by atoms with Crippen LogP contribution >= 0.6 is 0 Å². The van der Waals surface area contributed by atoms with E-state index in [0.29, 0.717) is 25.9 Å². The first kappa shape index (κ1) is 20.4. The van der Waals surface area contributed by atoms with Crippen LogP contribution in [-0.4, -0.2) is 34.5 Å². The molecule has 0 spiro atoms. The van der Waals surface area contributed by atoms with Crippen molar-refractivity contribution in [3.05, 3.63) is 53.6 Å². The highest BCUT2D eigenvalue weighted by Gasteiger charge is 2.24. The Morgan fingerprint density at radius 1 is 1.18 bits per heavy atom. The van der Waals surface area contributed by atoms with Crippen molar-refractivity contribution >= 4 is 21.6 Å². The van der Waals surface area contributed by atoms with Crippen LogP contribution in [0.1, 0.15) is 30.4 Å². The van der Waals surface area contributed by atoms with Crippen LogP contribution in [0.25, 0.3) is 0 Å². The molecule has 0 bridgehead atoms. The van der Waals surface area contributed by atoms with Crippen LogP contribution in [0.4, 0.5) is 5.69 Å². The Bertz CT molecular complexity index is 957. The summed E-state index contributed by atoms with van der Waals surface area (Å²) in [7, 11) is -1.96. The van der Waals surface area contributed by atoms with E-state index in [1.54, 1.807) is 30.2 Å². The number of nitrogens with zero attached hydrogens (tertiary/aromatic N) is 1. The maximum atomic E-state index is 12.6. The van der Waals surface area contributed by atoms with Crippen molar-refractivity contribution in [1.82, 2.24) is 4.72 Å². The fraction of sp³-hybridized carbons (Fsp3) is 0.381. The van der Waals surface area contributed by atoms with Crippen LogP contribution in [0.2, 0.25) is 0 Å². The molecule has 0 saturated carbocycles. The Morgan fingerprint density at radius 2 is 1.96 bits per heavy atom. The van der Waals surface area contributed by atoms with Gasteiger partial charge in [0.2, 0.25) is 15.9 Å². The van der Waals surface area contributed by atoms with Crippen molar-refractivity contribution in [2.24, 2.45) is 0 Å². The van der Waals surface area contributed by atoms with E-state index in [1.165, 1.54) is 0 Å². The van der Waals surface area contributed by atoms with Gasteiger partial charge in [0, 0.05) is 25.2 Å². The monoisotopic (exact) mass is 402 g/mol. The maximum Gasteiger partial charge on any atom is 0.240 e. The van der Waals surface area contributed by atoms with Crippen molar-refractivity contribution in [2.75, 3.05) is 25.1 Å². The van der Waals surface area contributed by atoms with E-state index >= 15 is 0 Å². The average molecular weight is 403 g/mol. The first-order valence-corrected chi connectivity index (χ1v) is 10.9. The van der Waals surface area contributed by atoms with E-state index in [9.17, 15) is 13.2 Å². The Morgan fingerprint density at radius 3 is 2.64 bits per heavy atom. The van der Waals surface area contributed by atoms with Gasteiger partial charge < -0.3 is 9.64 Å². The smallest absolute Gasteiger partial charge is 0.240 e. The van der Waals surface area contributed by atoms with Crippen molar-refractivity contribution in [1.29, 1.82) is 0 Å². The molecule has 1 fully saturated rings. The summed E-state index contributed by atoms with van der Waals surface area (Å²) in [4.78, 5) is 13.9. The zero-order valence-electron chi connectivity index (χ0n) is 16.3. The number of nitrogens with one attached hydrogen (secondary N) is 1. The van der Waals surface area contributed by atoms with E-state index in [2.05, 4.69) is 4.72 Å². The SMILES string of the molecule is COc1ccccc1CCCNS(=O)(=O)c1ccc(N2CCCC2=O)c(C)c1. The van der Waals surface area contributed by atoms with Crippen molar-refractivity contribution in [3.63, 3.8) is 0 Å². The van der Waals surface area contributed by atoms with Crippen LogP contribution in [0, 0.1) is 6.92 Å². The maximum absolute atomic E-state index is 12.6. The minimum absolute atomic E-state index is 0.0909. The van der Waals surface area contributed by atoms with Gasteiger partial charge in [-0.25, -0.2) is 13.1 Å². The number of carbonyl (C=O) groups excluding carboxylic acids is 1. The normalized spacial score (nSPS) is 14.5. The van der Waals surface area contributed by atoms with Crippen molar-refractivity contribution in [3.8, 4) is 5.75 Å². The molecule has 150 valence electrons. The van der Waals surface area contributed by atoms with Gasteiger partial charge in [0.05, 0.1) is 12.0 Å². The molecule has 0 unspecified atom stereocenters. The second-order valence-electron chi connectivity index (χ2n) is 6.91. The van der Waals surface area contributed by atoms with Crippen LogP contribution in [-0.2, 0) is 21.2 Å². The average Bonchev–Trinajstić information content (AvgIpc) is 3.11. The summed E-state index contributed by atoms with van der Waals surface area (Å²) in [5.41, 5.74) is 2.63. The molecule has 2 aromatic carbocycles. The Kier molecular flexibility index (Phi) is 6.36. The number of anilines is 1. The number of hydrogen-bond acceptors (Lipinski definition) is 4. The van der Waals surface area contributed by atoms with Gasteiger partial charge in [-0.3, -0.25) is 4.79 Å². The third-order valence-corrected chi connectivity index (χ3v) is 6.41. The molecule has 1 heterocycles. The lowest BCUT2D eigenvalue weighted by Gasteiger charge is -2.19. The summed E-state index contributed by atoms with van der Waals surface area (Å²) >= 11 is 0. The van der Waals surface area contributed by atoms with Gasteiger partial charge in [0.15, 0.2) is 0 Å². The summed E-state index contributed by atoms with van der Waals surface area (Å²) < 4.78 is 33.2. The van der Waals surface area contributed by atoms with Crippen LogP contribution in [0.3, 0.4) is 0 Å². The molecule has 1 saturated heterocycles. The van der Waals surface area contributed by atoms with Crippen LogP contribution in [0.5, 0.6) is 5.75 Å². The first-order valence-electron chi connectivity index (χ1n) is 9.45. The van der Waals surface area contributed by atoms with Gasteiger partial charge in [0.25, 0.3) is 0 Å². The lowest BCUT2D eigenvalue weighted by molar-refractivity contribution is -0.117. The zero-order valence-corrected chi connectivity index (χ0v) is 17.1. The number of benzene rings is 2. The molecule has 1 N–H and O–H groups in total. The molecule has 7 heteroatoms. The number of ether oxygens (including phenoxy) is 1. The topological polar surface area (TPSA) is 75.7 Å². The predicted octanol–water partition coefficient (Wildman–Crippen LogP) is 3.04. The Labute approximate surface area is 166 Å². The van der Waals surface area contributed by atoms with Gasteiger partial charge in [0.1, 0.15) is 5.75 Å². The fourth-order valence-electron chi connectivity index (χ4n) is 3.48. The standard InChI is InChI=1S/C21H26N2O4S/c1-16-15-18(11-12-19(16)23-14-6-10-21(23)24)28(25,26)22-13-5-8-17-7-3-4-9-20(17)27-2/h3-4,7,9,11-12,15,22H,5-6,8,10,13-14H2,1-2H3. The third-order valence-electron chi connectivity index (χ3n) is 4.95. The van der Waals surface area contributed by atoms with E-state index in [1.807, 2.05) is 31.2 Å². The lowest BCUT2D eigenvalue weighted by atomic mass is 10.1. The molecule has 0 aromatic heterocycles. The minimum atomic E-state index is -3.59. The number of aryl methyl sites for hydroxylation is 2. The predicted molar refractivity (Wildman–Crippen MR) is 109 cm³/mol. The van der Waals surface area contributed by atoms with Crippen molar-refractivity contribution in [2.45, 2.75) is 37.5 Å². The summed E-state index contributed by atoms with van der Waals surface area (Å²) in [5, 5.41) is 0. The van der Waals surface area contributed by atoms with Gasteiger partial charge in [-0.15, -0.1) is 0 Å². The Balaban J connectivity index is 1.61. The van der Waals surface area contributed by atoms with Gasteiger partial charge >= 0.3 is 0 Å². The molecule has 0 aliphatic carbocycles. The van der Waals surface area contributed by atoms with Gasteiger partial charge in [-0.2, -0.15) is 0 Å². The fourth-order valence-corrected chi connectivity index (χ4v) is 4.64. The number of hydrogen-bond donors (Lipinski definition) is 1. The first-order chi connectivity index (χ1) is 13.4. The highest BCUT2D eigenvalue weighted by molar-refractivity contribution is 7.89. The number of para-hydroxylation sites is 1. The minimum Gasteiger partial charge on any atom is -0.496 e. The van der Waals surface area contributed by atoms with Gasteiger partial charge in [-0.1, -0.05) is 18.2 Å². The Hall–Kier alpha value is -2.38. The highest BCUT2D eigenvalue weighted by atomic mass is 32.2. The quantitative estimate of drug-likeness (QED) is 0.689. The largest absolute Gasteiger partial charge is 0.496 e. The zero-order chi connectivity index (χ0) is 20.1.